The number of nitrogens with one attached hydrogen (secondary N) is 1. The third-order valence-corrected chi connectivity index (χ3v) is 6.55. The fourth-order valence-corrected chi connectivity index (χ4v) is 5.08. The van der Waals surface area contributed by atoms with Gasteiger partial charge < -0.3 is 20.5 Å². The van der Waals surface area contributed by atoms with E-state index in [1.54, 1.807) is 25.6 Å². The molecule has 8 heteroatoms. The van der Waals surface area contributed by atoms with Gasteiger partial charge in [-0.15, -0.1) is 11.3 Å². The molecule has 0 fully saturated rings. The van der Waals surface area contributed by atoms with Gasteiger partial charge in [0.1, 0.15) is 11.6 Å². The predicted molar refractivity (Wildman–Crippen MR) is 123 cm³/mol. The smallest absolute Gasteiger partial charge is 0.169 e. The summed E-state index contributed by atoms with van der Waals surface area (Å²) < 4.78 is 11.3. The van der Waals surface area contributed by atoms with Crippen LogP contribution in [-0.2, 0) is 13.0 Å². The van der Waals surface area contributed by atoms with E-state index in [0.29, 0.717) is 23.1 Å². The van der Waals surface area contributed by atoms with Gasteiger partial charge in [0, 0.05) is 29.5 Å². The fraction of sp³-hybridized carbons (Fsp3) is 0.261. The molecule has 0 aliphatic carbocycles. The van der Waals surface area contributed by atoms with Crippen molar-refractivity contribution in [1.82, 2.24) is 20.3 Å². The summed E-state index contributed by atoms with van der Waals surface area (Å²) >= 11 is 1.73. The van der Waals surface area contributed by atoms with E-state index in [4.69, 9.17) is 25.2 Å². The first-order valence-electron chi connectivity index (χ1n) is 10.0. The molecule has 31 heavy (non-hydrogen) atoms. The van der Waals surface area contributed by atoms with Crippen LogP contribution in [-0.4, -0.2) is 29.2 Å². The van der Waals surface area contributed by atoms with Gasteiger partial charge in [-0.1, -0.05) is 30.3 Å². The van der Waals surface area contributed by atoms with Crippen LogP contribution in [0.2, 0.25) is 0 Å². The van der Waals surface area contributed by atoms with E-state index < -0.39 is 0 Å². The summed E-state index contributed by atoms with van der Waals surface area (Å²) in [5.41, 5.74) is 10.2. The SMILES string of the molecule is COc1cc2nc(C3Cc4nc(C)sc4CN3)nc(N)c2c(-c2ccccc2)c1OC. The lowest BCUT2D eigenvalue weighted by atomic mass is 9.98. The summed E-state index contributed by atoms with van der Waals surface area (Å²) in [7, 11) is 3.25. The van der Waals surface area contributed by atoms with Gasteiger partial charge in [0.2, 0.25) is 0 Å². The van der Waals surface area contributed by atoms with Crippen molar-refractivity contribution in [2.45, 2.75) is 25.9 Å². The van der Waals surface area contributed by atoms with Gasteiger partial charge in [-0.2, -0.15) is 0 Å². The van der Waals surface area contributed by atoms with Crippen LogP contribution >= 0.6 is 11.3 Å². The number of anilines is 1. The molecule has 0 saturated heterocycles. The van der Waals surface area contributed by atoms with Crippen molar-refractivity contribution in [1.29, 1.82) is 0 Å². The van der Waals surface area contributed by atoms with E-state index in [-0.39, 0.29) is 6.04 Å². The van der Waals surface area contributed by atoms with Crippen molar-refractivity contribution in [3.8, 4) is 22.6 Å². The minimum atomic E-state index is -0.0472. The van der Waals surface area contributed by atoms with E-state index in [9.17, 15) is 0 Å². The molecule has 0 saturated carbocycles. The van der Waals surface area contributed by atoms with Crippen molar-refractivity contribution < 1.29 is 9.47 Å². The fourth-order valence-electron chi connectivity index (χ4n) is 4.17. The number of hydrogen-bond acceptors (Lipinski definition) is 8. The van der Waals surface area contributed by atoms with Crippen LogP contribution in [0, 0.1) is 6.92 Å². The molecule has 1 atom stereocenters. The molecule has 1 unspecified atom stereocenters. The molecule has 7 nitrogen and oxygen atoms in total. The second kappa shape index (κ2) is 7.79. The summed E-state index contributed by atoms with van der Waals surface area (Å²) in [6.07, 6.45) is 0.740. The number of methoxy groups -OCH3 is 2. The first kappa shape index (κ1) is 19.7. The van der Waals surface area contributed by atoms with Crippen LogP contribution in [0.4, 0.5) is 5.82 Å². The Morgan fingerprint density at radius 2 is 1.90 bits per heavy atom. The van der Waals surface area contributed by atoms with Crippen LogP contribution in [0.3, 0.4) is 0 Å². The second-order valence-corrected chi connectivity index (χ2v) is 8.74. The Bertz CT molecular complexity index is 1270. The van der Waals surface area contributed by atoms with Crippen LogP contribution in [0.15, 0.2) is 36.4 Å². The molecule has 5 rings (SSSR count). The zero-order valence-electron chi connectivity index (χ0n) is 17.6. The molecule has 3 heterocycles. The number of nitrogens with two attached hydrogens (primary N) is 1. The summed E-state index contributed by atoms with van der Waals surface area (Å²) in [6, 6.07) is 11.8. The van der Waals surface area contributed by atoms with E-state index >= 15 is 0 Å². The van der Waals surface area contributed by atoms with Gasteiger partial charge in [0.15, 0.2) is 11.5 Å². The number of hydrogen-bond donors (Lipinski definition) is 2. The third kappa shape index (κ3) is 3.37. The van der Waals surface area contributed by atoms with E-state index in [2.05, 4.69) is 10.3 Å². The Hall–Kier alpha value is -3.23. The van der Waals surface area contributed by atoms with Gasteiger partial charge in [-0.05, 0) is 12.5 Å². The zero-order valence-corrected chi connectivity index (χ0v) is 18.4. The largest absolute Gasteiger partial charge is 0.493 e. The highest BCUT2D eigenvalue weighted by Gasteiger charge is 2.27. The average molecular weight is 434 g/mol. The maximum Gasteiger partial charge on any atom is 0.169 e. The lowest BCUT2D eigenvalue weighted by Gasteiger charge is -2.23. The van der Waals surface area contributed by atoms with E-state index in [0.717, 1.165) is 45.7 Å². The lowest BCUT2D eigenvalue weighted by Crippen LogP contribution is -2.29. The molecule has 3 N–H and O–H groups in total. The van der Waals surface area contributed by atoms with Gasteiger partial charge in [0.05, 0.1) is 41.9 Å². The van der Waals surface area contributed by atoms with E-state index in [1.807, 2.05) is 43.3 Å². The standard InChI is InChI=1S/C23H23N5O2S/c1-12-26-14-9-16(25-11-18(14)31-12)23-27-15-10-17(29-2)21(30-3)19(20(15)22(24)28-23)13-7-5-4-6-8-13/h4-8,10,16,25H,9,11H2,1-3H3,(H2,24,27,28). The van der Waals surface area contributed by atoms with Gasteiger partial charge in [-0.25, -0.2) is 15.0 Å². The number of thiazole rings is 1. The summed E-state index contributed by atoms with van der Waals surface area (Å²) in [4.78, 5) is 15.6. The monoisotopic (exact) mass is 433 g/mol. The minimum Gasteiger partial charge on any atom is -0.493 e. The Morgan fingerprint density at radius 3 is 2.65 bits per heavy atom. The molecule has 158 valence electrons. The molecule has 4 aromatic rings. The molecule has 0 bridgehead atoms. The number of aromatic nitrogens is 3. The quantitative estimate of drug-likeness (QED) is 0.501. The number of nitrogen functional groups attached to an aromatic ring is 1. The van der Waals surface area contributed by atoms with Crippen molar-refractivity contribution in [3.63, 3.8) is 0 Å². The highest BCUT2D eigenvalue weighted by molar-refractivity contribution is 7.11. The number of rotatable bonds is 4. The maximum atomic E-state index is 6.53. The van der Waals surface area contributed by atoms with Crippen molar-refractivity contribution in [2.75, 3.05) is 20.0 Å². The lowest BCUT2D eigenvalue weighted by molar-refractivity contribution is 0.357. The second-order valence-electron chi connectivity index (χ2n) is 7.45. The summed E-state index contributed by atoms with van der Waals surface area (Å²) in [5, 5.41) is 5.37. The number of aryl methyl sites for hydroxylation is 1. The Morgan fingerprint density at radius 1 is 1.10 bits per heavy atom. The molecular weight excluding hydrogens is 410 g/mol. The topological polar surface area (TPSA) is 95.2 Å². The molecule has 2 aromatic heterocycles. The number of ether oxygens (including phenoxy) is 2. The Labute approximate surface area is 184 Å². The molecular formula is C23H23N5O2S. The molecule has 0 radical (unpaired) electrons. The van der Waals surface area contributed by atoms with E-state index in [1.165, 1.54) is 4.88 Å². The molecule has 0 amide bonds. The highest BCUT2D eigenvalue weighted by atomic mass is 32.1. The van der Waals surface area contributed by atoms with Crippen molar-refractivity contribution >= 4 is 28.1 Å². The molecule has 2 aromatic carbocycles. The predicted octanol–water partition coefficient (Wildman–Crippen LogP) is 4.05. The Kier molecular flexibility index (Phi) is 4.95. The molecule has 1 aliphatic rings. The molecule has 0 spiro atoms. The minimum absolute atomic E-state index is 0.0472. The third-order valence-electron chi connectivity index (χ3n) is 5.54. The van der Waals surface area contributed by atoms with Gasteiger partial charge >= 0.3 is 0 Å². The summed E-state index contributed by atoms with van der Waals surface area (Å²) in [5.74, 6) is 2.30. The zero-order chi connectivity index (χ0) is 21.5. The van der Waals surface area contributed by atoms with Crippen LogP contribution in [0.5, 0.6) is 11.5 Å². The summed E-state index contributed by atoms with van der Waals surface area (Å²) in [6.45, 7) is 2.79. The highest BCUT2D eigenvalue weighted by Crippen LogP contribution is 2.45. The van der Waals surface area contributed by atoms with Gasteiger partial charge in [-0.3, -0.25) is 0 Å². The number of nitrogens with zero attached hydrogens (tertiary/aromatic N) is 3. The average Bonchev–Trinajstić information content (AvgIpc) is 3.17. The van der Waals surface area contributed by atoms with Crippen molar-refractivity contribution in [2.24, 2.45) is 0 Å². The normalized spacial score (nSPS) is 15.6. The van der Waals surface area contributed by atoms with Crippen molar-refractivity contribution in [3.05, 3.63) is 57.8 Å². The van der Waals surface area contributed by atoms with Crippen LogP contribution in [0.25, 0.3) is 22.0 Å². The maximum absolute atomic E-state index is 6.53. The number of benzene rings is 2. The Balaban J connectivity index is 1.68. The first-order chi connectivity index (χ1) is 15.1. The first-order valence-corrected chi connectivity index (χ1v) is 10.9. The molecule has 1 aliphatic heterocycles. The van der Waals surface area contributed by atoms with Gasteiger partial charge in [0.25, 0.3) is 0 Å². The van der Waals surface area contributed by atoms with Crippen LogP contribution < -0.4 is 20.5 Å². The van der Waals surface area contributed by atoms with Crippen LogP contribution in [0.1, 0.15) is 27.4 Å². The number of fused-ring (bicyclic) bond motifs is 2.